The van der Waals surface area contributed by atoms with Crippen LogP contribution in [0.4, 0.5) is 9.18 Å². The number of rotatable bonds is 5. The Morgan fingerprint density at radius 3 is 2.69 bits per heavy atom. The van der Waals surface area contributed by atoms with Crippen molar-refractivity contribution >= 4 is 6.03 Å². The molecule has 1 aromatic heterocycles. The highest BCUT2D eigenvalue weighted by Gasteiger charge is 2.58. The highest BCUT2D eigenvalue weighted by Crippen LogP contribution is 2.62. The van der Waals surface area contributed by atoms with E-state index in [1.807, 2.05) is 10.6 Å². The summed E-state index contributed by atoms with van der Waals surface area (Å²) < 4.78 is 17.0. The first-order valence-electron chi connectivity index (χ1n) is 14.1. The fourth-order valence-corrected chi connectivity index (χ4v) is 9.05. The van der Waals surface area contributed by atoms with Gasteiger partial charge in [-0.15, -0.1) is 0 Å². The molecule has 1 aliphatic heterocycles. The first-order valence-corrected chi connectivity index (χ1v) is 14.1. The van der Waals surface area contributed by atoms with Crippen LogP contribution in [-0.2, 0) is 0 Å². The molecule has 5 aliphatic carbocycles. The Hall–Kier alpha value is -2.41. The van der Waals surface area contributed by atoms with E-state index in [1.54, 1.807) is 18.6 Å². The number of aliphatic hydroxyl groups is 1. The molecule has 2 heterocycles. The highest BCUT2D eigenvalue weighted by molar-refractivity contribution is 5.74. The van der Waals surface area contributed by atoms with E-state index in [-0.39, 0.29) is 29.3 Å². The molecule has 4 atom stereocenters. The van der Waals surface area contributed by atoms with E-state index in [2.05, 4.69) is 15.6 Å². The summed E-state index contributed by atoms with van der Waals surface area (Å²) in [6, 6.07) is 5.52. The van der Waals surface area contributed by atoms with Gasteiger partial charge in [-0.05, 0) is 80.6 Å². The van der Waals surface area contributed by atoms with Crippen molar-refractivity contribution in [1.82, 2.24) is 20.2 Å². The molecule has 2 aromatic rings. The van der Waals surface area contributed by atoms with Crippen molar-refractivity contribution in [3.63, 3.8) is 0 Å². The Morgan fingerprint density at radius 2 is 1.92 bits per heavy atom. The van der Waals surface area contributed by atoms with Gasteiger partial charge in [-0.3, -0.25) is 0 Å². The Labute approximate surface area is 212 Å². The van der Waals surface area contributed by atoms with E-state index in [0.29, 0.717) is 35.8 Å². The number of hydrogen-bond donors (Lipinski definition) is 3. The van der Waals surface area contributed by atoms with Crippen molar-refractivity contribution in [2.75, 3.05) is 0 Å². The molecule has 2 amide bonds. The minimum absolute atomic E-state index is 0.000327. The molecule has 36 heavy (non-hydrogen) atoms. The predicted molar refractivity (Wildman–Crippen MR) is 135 cm³/mol. The maximum absolute atomic E-state index is 15.0. The van der Waals surface area contributed by atoms with Gasteiger partial charge in [0.15, 0.2) is 0 Å². The van der Waals surface area contributed by atoms with Crippen LogP contribution in [-0.4, -0.2) is 38.9 Å². The number of carbonyl (C=O) groups excluding carboxylic acids is 1. The zero-order chi connectivity index (χ0) is 24.4. The summed E-state index contributed by atoms with van der Waals surface area (Å²) >= 11 is 0. The first kappa shape index (κ1) is 22.8. The zero-order valence-electron chi connectivity index (χ0n) is 20.8. The number of urea groups is 1. The number of aromatic nitrogens is 2. The molecule has 8 rings (SSSR count). The van der Waals surface area contributed by atoms with Crippen LogP contribution in [0.15, 0.2) is 30.7 Å². The monoisotopic (exact) mass is 492 g/mol. The van der Waals surface area contributed by atoms with Crippen LogP contribution in [0.2, 0.25) is 0 Å². The third-order valence-electron chi connectivity index (χ3n) is 10.4. The number of nitrogens with zero attached hydrogens (tertiary/aromatic N) is 2. The molecule has 4 unspecified atom stereocenters. The van der Waals surface area contributed by atoms with E-state index in [4.69, 9.17) is 0 Å². The second kappa shape index (κ2) is 8.57. The molecule has 5 saturated carbocycles. The summed E-state index contributed by atoms with van der Waals surface area (Å²) in [5.74, 6) is 1.25. The van der Waals surface area contributed by atoms with E-state index in [0.717, 1.165) is 56.2 Å². The molecule has 4 bridgehead atoms. The molecule has 6 aliphatic rings. The van der Waals surface area contributed by atoms with Gasteiger partial charge in [-0.1, -0.05) is 31.4 Å². The number of nitrogens with one attached hydrogen (secondary N) is 2. The molecule has 7 heteroatoms. The second-order valence-corrected chi connectivity index (χ2v) is 12.5. The molecular weight excluding hydrogens is 455 g/mol. The van der Waals surface area contributed by atoms with Crippen LogP contribution in [0.1, 0.15) is 82.2 Å². The Balaban J connectivity index is 1.07. The SMILES string of the molecule is O=C(NC1CCCCC1)NC1C2CC3CC1CC(C(O)CC1c4c(F)cccc4-c4cncn41)(C3)C2. The number of benzene rings is 1. The lowest BCUT2D eigenvalue weighted by molar-refractivity contribution is -0.135. The van der Waals surface area contributed by atoms with E-state index in [1.165, 1.54) is 25.3 Å². The lowest BCUT2D eigenvalue weighted by atomic mass is 9.46. The van der Waals surface area contributed by atoms with Gasteiger partial charge in [-0.2, -0.15) is 0 Å². The quantitative estimate of drug-likeness (QED) is 0.539. The number of amides is 2. The maximum Gasteiger partial charge on any atom is 0.315 e. The smallest absolute Gasteiger partial charge is 0.315 e. The Morgan fingerprint density at radius 1 is 1.14 bits per heavy atom. The van der Waals surface area contributed by atoms with Gasteiger partial charge in [0.2, 0.25) is 0 Å². The van der Waals surface area contributed by atoms with Crippen LogP contribution in [0.3, 0.4) is 0 Å². The topological polar surface area (TPSA) is 79.2 Å². The summed E-state index contributed by atoms with van der Waals surface area (Å²) in [4.78, 5) is 17.2. The van der Waals surface area contributed by atoms with E-state index < -0.39 is 6.10 Å². The molecule has 5 fully saturated rings. The third-order valence-corrected chi connectivity index (χ3v) is 10.4. The predicted octanol–water partition coefficient (Wildman–Crippen LogP) is 5.17. The number of halogens is 1. The number of carbonyl (C=O) groups is 1. The Bertz CT molecular complexity index is 1140. The molecule has 1 aromatic carbocycles. The fourth-order valence-electron chi connectivity index (χ4n) is 9.05. The summed E-state index contributed by atoms with van der Waals surface area (Å²) in [5.41, 5.74) is 2.38. The third kappa shape index (κ3) is 3.60. The molecule has 6 nitrogen and oxygen atoms in total. The van der Waals surface area contributed by atoms with E-state index in [9.17, 15) is 14.3 Å². The summed E-state index contributed by atoms with van der Waals surface area (Å²) in [7, 11) is 0. The van der Waals surface area contributed by atoms with Crippen LogP contribution >= 0.6 is 0 Å². The molecular formula is C29H37FN4O2. The van der Waals surface area contributed by atoms with Gasteiger partial charge in [0.25, 0.3) is 0 Å². The van der Waals surface area contributed by atoms with Gasteiger partial charge in [0.1, 0.15) is 5.82 Å². The number of imidazole rings is 1. The largest absolute Gasteiger partial charge is 0.392 e. The standard InChI is InChI=1S/C29H37FN4O2/c30-22-8-4-7-21-24-15-31-16-34(24)23(26(21)22)11-25(35)29-12-17-9-18(13-29)27(19(10-17)14-29)33-28(36)32-20-5-2-1-3-6-20/h4,7-8,15-20,23,25,27,35H,1-3,5-6,9-14H2,(H2,32,33,36). The number of fused-ring (bicyclic) bond motifs is 3. The van der Waals surface area contributed by atoms with Gasteiger partial charge in [-0.25, -0.2) is 14.2 Å². The second-order valence-electron chi connectivity index (χ2n) is 12.5. The minimum Gasteiger partial charge on any atom is -0.392 e. The van der Waals surface area contributed by atoms with Crippen molar-refractivity contribution in [3.05, 3.63) is 42.1 Å². The number of hydrogen-bond acceptors (Lipinski definition) is 3. The molecule has 192 valence electrons. The van der Waals surface area contributed by atoms with Crippen molar-refractivity contribution in [1.29, 1.82) is 0 Å². The zero-order valence-corrected chi connectivity index (χ0v) is 20.8. The lowest BCUT2D eigenvalue weighted by Crippen LogP contribution is -2.63. The van der Waals surface area contributed by atoms with Gasteiger partial charge < -0.3 is 20.3 Å². The van der Waals surface area contributed by atoms with Crippen LogP contribution in [0.5, 0.6) is 0 Å². The Kier molecular flexibility index (Phi) is 5.42. The minimum atomic E-state index is -0.506. The molecule has 3 N–H and O–H groups in total. The van der Waals surface area contributed by atoms with Crippen LogP contribution in [0, 0.1) is 29.0 Å². The van der Waals surface area contributed by atoms with Crippen LogP contribution < -0.4 is 10.6 Å². The first-order chi connectivity index (χ1) is 17.5. The summed E-state index contributed by atoms with van der Waals surface area (Å²) in [5, 5.41) is 18.4. The average Bonchev–Trinajstić information content (AvgIpc) is 3.45. The van der Waals surface area contributed by atoms with Gasteiger partial charge in [0.05, 0.1) is 30.4 Å². The average molecular weight is 493 g/mol. The van der Waals surface area contributed by atoms with Crippen molar-refractivity contribution in [2.45, 2.75) is 94.9 Å². The molecule has 0 saturated heterocycles. The van der Waals surface area contributed by atoms with Crippen molar-refractivity contribution in [2.24, 2.45) is 23.2 Å². The lowest BCUT2D eigenvalue weighted by Gasteiger charge is -2.61. The van der Waals surface area contributed by atoms with Gasteiger partial charge in [0, 0.05) is 23.2 Å². The van der Waals surface area contributed by atoms with Crippen molar-refractivity contribution in [3.8, 4) is 11.3 Å². The van der Waals surface area contributed by atoms with E-state index >= 15 is 0 Å². The normalized spacial score (nSPS) is 35.3. The maximum atomic E-state index is 15.0. The fraction of sp³-hybridized carbons (Fsp3) is 0.655. The highest BCUT2D eigenvalue weighted by atomic mass is 19.1. The summed E-state index contributed by atoms with van der Waals surface area (Å²) in [6.07, 6.45) is 14.7. The molecule has 0 radical (unpaired) electrons. The number of aliphatic hydroxyl groups excluding tert-OH is 1. The molecule has 0 spiro atoms. The van der Waals surface area contributed by atoms with Crippen molar-refractivity contribution < 1.29 is 14.3 Å². The summed E-state index contributed by atoms with van der Waals surface area (Å²) in [6.45, 7) is 0. The van der Waals surface area contributed by atoms with Gasteiger partial charge >= 0.3 is 6.03 Å². The van der Waals surface area contributed by atoms with Crippen LogP contribution in [0.25, 0.3) is 11.3 Å².